The fraction of sp³-hybridized carbons (Fsp3) is 0.111. The van der Waals surface area contributed by atoms with Crippen molar-refractivity contribution in [2.24, 2.45) is 7.05 Å². The molecule has 2 aromatic rings. The number of nitrogens with zero attached hydrogens (tertiary/aromatic N) is 2. The van der Waals surface area contributed by atoms with Crippen LogP contribution in [0.15, 0.2) is 24.3 Å². The quantitative estimate of drug-likeness (QED) is 0.615. The zero-order valence-corrected chi connectivity index (χ0v) is 8.47. The molecular formula is C9H7Cl2N2+. The molecule has 13 heavy (non-hydrogen) atoms. The summed E-state index contributed by atoms with van der Waals surface area (Å²) < 4.78 is 1.56. The van der Waals surface area contributed by atoms with Crippen molar-refractivity contribution in [3.05, 3.63) is 34.6 Å². The number of aromatic nitrogens is 2. The van der Waals surface area contributed by atoms with E-state index in [0.29, 0.717) is 10.3 Å². The fourth-order valence-electron chi connectivity index (χ4n) is 1.25. The van der Waals surface area contributed by atoms with Gasteiger partial charge in [0, 0.05) is 10.5 Å². The van der Waals surface area contributed by atoms with Gasteiger partial charge in [0.15, 0.2) is 7.05 Å². The second-order valence-electron chi connectivity index (χ2n) is 2.75. The maximum atomic E-state index is 6.04. The Morgan fingerprint density at radius 1 is 1.15 bits per heavy atom. The largest absolute Gasteiger partial charge is 0.308 e. The smallest absolute Gasteiger partial charge is 0.0734 e. The molecule has 0 atom stereocenters. The van der Waals surface area contributed by atoms with Crippen LogP contribution in [-0.2, 0) is 7.05 Å². The number of hydrogen-bond donors (Lipinski definition) is 0. The number of aryl methyl sites for hydroxylation is 1. The van der Waals surface area contributed by atoms with Gasteiger partial charge in [-0.1, -0.05) is 34.5 Å². The molecular weight excluding hydrogens is 207 g/mol. The van der Waals surface area contributed by atoms with Crippen LogP contribution < -0.4 is 4.68 Å². The van der Waals surface area contributed by atoms with Crippen LogP contribution in [0, 0.1) is 0 Å². The second kappa shape index (κ2) is 3.13. The molecule has 2 rings (SSSR count). The van der Waals surface area contributed by atoms with Crippen LogP contribution in [0.3, 0.4) is 0 Å². The Kier molecular flexibility index (Phi) is 2.10. The van der Waals surface area contributed by atoms with E-state index in [1.807, 2.05) is 24.3 Å². The summed E-state index contributed by atoms with van der Waals surface area (Å²) in [6, 6.07) is 7.65. The van der Waals surface area contributed by atoms with Gasteiger partial charge in [0.05, 0.1) is 5.39 Å². The Bertz CT molecular complexity index is 468. The van der Waals surface area contributed by atoms with Crippen molar-refractivity contribution in [1.82, 2.24) is 5.10 Å². The summed E-state index contributed by atoms with van der Waals surface area (Å²) in [4.78, 5) is 0. The first-order chi connectivity index (χ1) is 6.20. The molecule has 0 N–H and O–H groups in total. The summed E-state index contributed by atoms with van der Waals surface area (Å²) >= 11 is 12.0. The molecule has 0 saturated heterocycles. The van der Waals surface area contributed by atoms with E-state index in [1.54, 1.807) is 11.7 Å². The van der Waals surface area contributed by atoms with Crippen LogP contribution in [0.1, 0.15) is 0 Å². The first kappa shape index (κ1) is 8.73. The lowest BCUT2D eigenvalue weighted by Gasteiger charge is -1.97. The highest BCUT2D eigenvalue weighted by Crippen LogP contribution is 2.23. The van der Waals surface area contributed by atoms with Crippen molar-refractivity contribution < 1.29 is 4.68 Å². The highest BCUT2D eigenvalue weighted by atomic mass is 35.5. The monoisotopic (exact) mass is 213 g/mol. The van der Waals surface area contributed by atoms with E-state index in [4.69, 9.17) is 23.2 Å². The molecule has 1 heterocycles. The lowest BCUT2D eigenvalue weighted by molar-refractivity contribution is -0.727. The molecule has 0 aliphatic carbocycles. The van der Waals surface area contributed by atoms with Crippen LogP contribution >= 0.6 is 23.2 Å². The number of hydrogen-bond acceptors (Lipinski definition) is 1. The number of benzene rings is 1. The zero-order chi connectivity index (χ0) is 9.42. The predicted molar refractivity (Wildman–Crippen MR) is 52.9 cm³/mol. The first-order valence-corrected chi connectivity index (χ1v) is 4.56. The summed E-state index contributed by atoms with van der Waals surface area (Å²) in [7, 11) is 1.76. The molecule has 4 heteroatoms. The van der Waals surface area contributed by atoms with Crippen molar-refractivity contribution in [2.75, 3.05) is 0 Å². The maximum Gasteiger partial charge on any atom is 0.308 e. The number of fused-ring (bicyclic) bond motifs is 1. The molecule has 66 valence electrons. The maximum absolute atomic E-state index is 6.04. The van der Waals surface area contributed by atoms with Gasteiger partial charge in [0.25, 0.3) is 0 Å². The summed E-state index contributed by atoms with van der Waals surface area (Å²) in [5.74, 6) is 0. The summed E-state index contributed by atoms with van der Waals surface area (Å²) in [6.45, 7) is 0. The molecule has 0 bridgehead atoms. The fourth-order valence-corrected chi connectivity index (χ4v) is 1.73. The SMILES string of the molecule is C[n+]1nc(Cl)c2ccccc2c1Cl. The molecule has 1 aromatic heterocycles. The Morgan fingerprint density at radius 2 is 1.77 bits per heavy atom. The van der Waals surface area contributed by atoms with Gasteiger partial charge in [-0.15, -0.1) is 0 Å². The molecule has 0 radical (unpaired) electrons. The molecule has 0 fully saturated rings. The average molecular weight is 214 g/mol. The lowest BCUT2D eigenvalue weighted by atomic mass is 10.2. The van der Waals surface area contributed by atoms with Gasteiger partial charge in [-0.3, -0.25) is 0 Å². The minimum atomic E-state index is 0.475. The van der Waals surface area contributed by atoms with Gasteiger partial charge in [-0.25, -0.2) is 0 Å². The minimum Gasteiger partial charge on any atom is -0.0734 e. The molecule has 0 saturated carbocycles. The Hall–Kier alpha value is -0.860. The van der Waals surface area contributed by atoms with E-state index >= 15 is 0 Å². The molecule has 1 aromatic carbocycles. The van der Waals surface area contributed by atoms with Crippen LogP contribution in [0.4, 0.5) is 0 Å². The van der Waals surface area contributed by atoms with Crippen LogP contribution in [0.25, 0.3) is 10.8 Å². The third-order valence-corrected chi connectivity index (χ3v) is 2.62. The number of halogens is 2. The van der Waals surface area contributed by atoms with Gasteiger partial charge in [0.2, 0.25) is 5.15 Å². The van der Waals surface area contributed by atoms with E-state index in [2.05, 4.69) is 5.10 Å². The van der Waals surface area contributed by atoms with Crippen molar-refractivity contribution in [2.45, 2.75) is 0 Å². The lowest BCUT2D eigenvalue weighted by Crippen LogP contribution is -2.34. The van der Waals surface area contributed by atoms with Crippen LogP contribution in [0.5, 0.6) is 0 Å². The number of rotatable bonds is 0. The standard InChI is InChI=1S/C9H7Cl2N2/c1-13-9(11)7-5-3-2-4-6(7)8(10)12-13/h2-5H,1H3/q+1. The highest BCUT2D eigenvalue weighted by Gasteiger charge is 2.14. The van der Waals surface area contributed by atoms with Gasteiger partial charge in [0.1, 0.15) is 0 Å². The molecule has 2 nitrogen and oxygen atoms in total. The normalized spacial score (nSPS) is 10.7. The average Bonchev–Trinajstić information content (AvgIpc) is 2.15. The van der Waals surface area contributed by atoms with Crippen molar-refractivity contribution in [3.8, 4) is 0 Å². The van der Waals surface area contributed by atoms with Crippen LogP contribution in [-0.4, -0.2) is 5.10 Å². The van der Waals surface area contributed by atoms with Crippen molar-refractivity contribution >= 4 is 34.0 Å². The van der Waals surface area contributed by atoms with Crippen molar-refractivity contribution in [3.63, 3.8) is 0 Å². The van der Waals surface area contributed by atoms with E-state index in [9.17, 15) is 0 Å². The third-order valence-electron chi connectivity index (χ3n) is 1.89. The van der Waals surface area contributed by atoms with E-state index in [-0.39, 0.29) is 0 Å². The molecule has 0 unspecified atom stereocenters. The Balaban J connectivity index is 2.97. The van der Waals surface area contributed by atoms with Crippen molar-refractivity contribution in [1.29, 1.82) is 0 Å². The van der Waals surface area contributed by atoms with Gasteiger partial charge in [-0.05, 0) is 17.7 Å². The van der Waals surface area contributed by atoms with E-state index in [1.165, 1.54) is 0 Å². The molecule has 0 spiro atoms. The molecule has 0 amide bonds. The Labute approximate surface area is 85.7 Å². The summed E-state index contributed by atoms with van der Waals surface area (Å²) in [6.07, 6.45) is 0. The van der Waals surface area contributed by atoms with E-state index in [0.717, 1.165) is 10.8 Å². The molecule has 0 aliphatic rings. The zero-order valence-electron chi connectivity index (χ0n) is 6.96. The van der Waals surface area contributed by atoms with Gasteiger partial charge < -0.3 is 0 Å². The first-order valence-electron chi connectivity index (χ1n) is 3.80. The summed E-state index contributed by atoms with van der Waals surface area (Å²) in [5.41, 5.74) is 0. The van der Waals surface area contributed by atoms with Crippen LogP contribution in [0.2, 0.25) is 10.3 Å². The topological polar surface area (TPSA) is 16.8 Å². The van der Waals surface area contributed by atoms with Gasteiger partial charge >= 0.3 is 5.15 Å². The predicted octanol–water partition coefficient (Wildman–Crippen LogP) is 2.37. The molecule has 0 aliphatic heterocycles. The second-order valence-corrected chi connectivity index (χ2v) is 3.47. The highest BCUT2D eigenvalue weighted by molar-refractivity contribution is 6.37. The third kappa shape index (κ3) is 1.36. The Morgan fingerprint density at radius 3 is 2.46 bits per heavy atom. The minimum absolute atomic E-state index is 0.475. The van der Waals surface area contributed by atoms with E-state index < -0.39 is 0 Å². The van der Waals surface area contributed by atoms with Gasteiger partial charge in [-0.2, -0.15) is 0 Å². The summed E-state index contributed by atoms with van der Waals surface area (Å²) in [5, 5.41) is 6.93.